The number of hydrogen-bond donors (Lipinski definition) is 1. The highest BCUT2D eigenvalue weighted by atomic mass is 35.5. The Labute approximate surface area is 115 Å². The first-order chi connectivity index (χ1) is 8.29. The van der Waals surface area contributed by atoms with Crippen LogP contribution in [0.15, 0.2) is 24.3 Å². The van der Waals surface area contributed by atoms with Gasteiger partial charge in [-0.3, -0.25) is 4.90 Å². The molecule has 1 aliphatic rings. The van der Waals surface area contributed by atoms with Crippen molar-refractivity contribution in [2.75, 3.05) is 19.6 Å². The average Bonchev–Trinajstić information content (AvgIpc) is 2.85. The van der Waals surface area contributed by atoms with Crippen LogP contribution in [0.2, 0.25) is 0 Å². The van der Waals surface area contributed by atoms with Crippen LogP contribution in [0.5, 0.6) is 0 Å². The van der Waals surface area contributed by atoms with Crippen LogP contribution in [0, 0.1) is 5.82 Å². The molecule has 1 N–H and O–H groups in total. The van der Waals surface area contributed by atoms with Crippen LogP contribution in [0.3, 0.4) is 0 Å². The maximum Gasteiger partial charge on any atom is 0.123 e. The Bertz CT molecular complexity index is 336. The van der Waals surface area contributed by atoms with Gasteiger partial charge in [0.25, 0.3) is 0 Å². The smallest absolute Gasteiger partial charge is 0.123 e. The van der Waals surface area contributed by atoms with Crippen LogP contribution in [-0.2, 0) is 6.54 Å². The molecule has 1 fully saturated rings. The Morgan fingerprint density at radius 3 is 2.61 bits per heavy atom. The van der Waals surface area contributed by atoms with Crippen molar-refractivity contribution < 1.29 is 4.39 Å². The van der Waals surface area contributed by atoms with Crippen molar-refractivity contribution in [2.24, 2.45) is 0 Å². The van der Waals surface area contributed by atoms with Crippen molar-refractivity contribution in [3.63, 3.8) is 0 Å². The van der Waals surface area contributed by atoms with E-state index in [1.54, 1.807) is 12.1 Å². The van der Waals surface area contributed by atoms with Crippen LogP contribution < -0.4 is 5.32 Å². The van der Waals surface area contributed by atoms with E-state index in [9.17, 15) is 4.39 Å². The van der Waals surface area contributed by atoms with Crippen molar-refractivity contribution in [1.82, 2.24) is 10.2 Å². The zero-order chi connectivity index (χ0) is 12.1. The summed E-state index contributed by atoms with van der Waals surface area (Å²) in [5.74, 6) is -0.154. The van der Waals surface area contributed by atoms with E-state index in [1.165, 1.54) is 12.0 Å². The van der Waals surface area contributed by atoms with Crippen LogP contribution in [0.1, 0.15) is 25.3 Å². The summed E-state index contributed by atoms with van der Waals surface area (Å²) in [4.78, 5) is 2.51. The van der Waals surface area contributed by atoms with Gasteiger partial charge in [-0.15, -0.1) is 12.4 Å². The molecule has 1 aliphatic heterocycles. The van der Waals surface area contributed by atoms with Gasteiger partial charge in [0.05, 0.1) is 0 Å². The maximum absolute atomic E-state index is 12.8. The zero-order valence-electron chi connectivity index (χ0n) is 10.9. The number of rotatable bonds is 5. The second-order valence-corrected chi connectivity index (χ2v) is 4.74. The minimum absolute atomic E-state index is 0. The Kier molecular flexibility index (Phi) is 6.61. The Morgan fingerprint density at radius 2 is 2.06 bits per heavy atom. The van der Waals surface area contributed by atoms with Gasteiger partial charge < -0.3 is 5.32 Å². The molecule has 18 heavy (non-hydrogen) atoms. The molecule has 1 aromatic rings. The lowest BCUT2D eigenvalue weighted by Crippen LogP contribution is -2.36. The number of nitrogens with zero attached hydrogens (tertiary/aromatic N) is 1. The SMILES string of the molecule is CCCN(Cc1ccc(F)cc1)C1CCNC1.Cl. The predicted octanol–water partition coefficient (Wildman–Crippen LogP) is 2.82. The molecule has 102 valence electrons. The molecule has 1 saturated heterocycles. The topological polar surface area (TPSA) is 15.3 Å². The largest absolute Gasteiger partial charge is 0.315 e. The molecular formula is C14H22ClFN2. The summed E-state index contributed by atoms with van der Waals surface area (Å²) in [6.45, 7) is 6.46. The highest BCUT2D eigenvalue weighted by molar-refractivity contribution is 5.85. The highest BCUT2D eigenvalue weighted by Gasteiger charge is 2.21. The van der Waals surface area contributed by atoms with Gasteiger partial charge in [0.1, 0.15) is 5.82 Å². The highest BCUT2D eigenvalue weighted by Crippen LogP contribution is 2.14. The lowest BCUT2D eigenvalue weighted by Gasteiger charge is -2.28. The van der Waals surface area contributed by atoms with Gasteiger partial charge in [0.15, 0.2) is 0 Å². The van der Waals surface area contributed by atoms with Gasteiger partial charge in [0, 0.05) is 19.1 Å². The van der Waals surface area contributed by atoms with Crippen LogP contribution in [-0.4, -0.2) is 30.6 Å². The minimum atomic E-state index is -0.154. The van der Waals surface area contributed by atoms with Crippen molar-refractivity contribution in [3.05, 3.63) is 35.6 Å². The molecule has 4 heteroatoms. The quantitative estimate of drug-likeness (QED) is 0.887. The Hall–Kier alpha value is -0.640. The van der Waals surface area contributed by atoms with Crippen molar-refractivity contribution >= 4 is 12.4 Å². The van der Waals surface area contributed by atoms with Crippen molar-refractivity contribution in [1.29, 1.82) is 0 Å². The summed E-state index contributed by atoms with van der Waals surface area (Å²) < 4.78 is 12.8. The standard InChI is InChI=1S/C14H21FN2.ClH/c1-2-9-17(14-7-8-16-10-14)11-12-3-5-13(15)6-4-12;/h3-6,14,16H,2,7-11H2,1H3;1H. The lowest BCUT2D eigenvalue weighted by atomic mass is 10.1. The Balaban J connectivity index is 0.00000162. The molecule has 0 bridgehead atoms. The first kappa shape index (κ1) is 15.4. The predicted molar refractivity (Wildman–Crippen MR) is 75.6 cm³/mol. The fraction of sp³-hybridized carbons (Fsp3) is 0.571. The summed E-state index contributed by atoms with van der Waals surface area (Å²) in [6.07, 6.45) is 2.39. The first-order valence-electron chi connectivity index (χ1n) is 6.49. The second-order valence-electron chi connectivity index (χ2n) is 4.74. The van der Waals surface area contributed by atoms with E-state index in [1.807, 2.05) is 12.1 Å². The molecular weight excluding hydrogens is 251 g/mol. The summed E-state index contributed by atoms with van der Waals surface area (Å²) in [5.41, 5.74) is 1.20. The zero-order valence-corrected chi connectivity index (χ0v) is 11.7. The van der Waals surface area contributed by atoms with Gasteiger partial charge >= 0.3 is 0 Å². The maximum atomic E-state index is 12.8. The van der Waals surface area contributed by atoms with E-state index < -0.39 is 0 Å². The fourth-order valence-electron chi connectivity index (χ4n) is 2.45. The minimum Gasteiger partial charge on any atom is -0.315 e. The van der Waals surface area contributed by atoms with Gasteiger partial charge in [0.2, 0.25) is 0 Å². The molecule has 0 aliphatic carbocycles. The molecule has 1 aromatic carbocycles. The second kappa shape index (κ2) is 7.72. The van der Waals surface area contributed by atoms with E-state index >= 15 is 0 Å². The molecule has 1 heterocycles. The van der Waals surface area contributed by atoms with Gasteiger partial charge in [-0.2, -0.15) is 0 Å². The fourth-order valence-corrected chi connectivity index (χ4v) is 2.45. The molecule has 0 aromatic heterocycles. The van der Waals surface area contributed by atoms with E-state index in [4.69, 9.17) is 0 Å². The monoisotopic (exact) mass is 272 g/mol. The van der Waals surface area contributed by atoms with E-state index in [-0.39, 0.29) is 18.2 Å². The number of halogens is 2. The number of nitrogens with one attached hydrogen (secondary N) is 1. The molecule has 0 radical (unpaired) electrons. The third-order valence-corrected chi connectivity index (χ3v) is 3.36. The molecule has 1 unspecified atom stereocenters. The summed E-state index contributed by atoms with van der Waals surface area (Å²) in [7, 11) is 0. The van der Waals surface area contributed by atoms with Crippen molar-refractivity contribution in [3.8, 4) is 0 Å². The molecule has 0 saturated carbocycles. The Morgan fingerprint density at radius 1 is 1.33 bits per heavy atom. The summed E-state index contributed by atoms with van der Waals surface area (Å²) >= 11 is 0. The van der Waals surface area contributed by atoms with Gasteiger partial charge in [-0.05, 0) is 43.6 Å². The van der Waals surface area contributed by atoms with E-state index in [0.717, 1.165) is 32.6 Å². The molecule has 0 amide bonds. The normalized spacial score (nSPS) is 18.9. The third-order valence-electron chi connectivity index (χ3n) is 3.36. The lowest BCUT2D eigenvalue weighted by molar-refractivity contribution is 0.199. The third kappa shape index (κ3) is 4.23. The van der Waals surface area contributed by atoms with Crippen LogP contribution >= 0.6 is 12.4 Å². The molecule has 2 rings (SSSR count). The van der Waals surface area contributed by atoms with E-state index in [2.05, 4.69) is 17.1 Å². The number of benzene rings is 1. The van der Waals surface area contributed by atoms with Crippen LogP contribution in [0.4, 0.5) is 4.39 Å². The molecule has 1 atom stereocenters. The van der Waals surface area contributed by atoms with Gasteiger partial charge in [-0.25, -0.2) is 4.39 Å². The van der Waals surface area contributed by atoms with Crippen LogP contribution in [0.25, 0.3) is 0 Å². The van der Waals surface area contributed by atoms with Crippen molar-refractivity contribution in [2.45, 2.75) is 32.4 Å². The number of hydrogen-bond acceptors (Lipinski definition) is 2. The summed E-state index contributed by atoms with van der Waals surface area (Å²) in [6, 6.07) is 7.51. The molecule has 0 spiro atoms. The first-order valence-corrected chi connectivity index (χ1v) is 6.49. The summed E-state index contributed by atoms with van der Waals surface area (Å²) in [5, 5.41) is 3.40. The average molecular weight is 273 g/mol. The van der Waals surface area contributed by atoms with E-state index in [0.29, 0.717) is 6.04 Å². The van der Waals surface area contributed by atoms with Gasteiger partial charge in [-0.1, -0.05) is 19.1 Å². The molecule has 2 nitrogen and oxygen atoms in total.